The minimum Gasteiger partial charge on any atom is -0.295 e. The van der Waals surface area contributed by atoms with Gasteiger partial charge in [-0.15, -0.1) is 0 Å². The molecule has 0 aromatic heterocycles. The summed E-state index contributed by atoms with van der Waals surface area (Å²) in [5.74, 6) is -0.526. The average Bonchev–Trinajstić information content (AvgIpc) is 2.11. The number of carbonyl (C=O) groups is 1. The fourth-order valence-electron chi connectivity index (χ4n) is 0.426. The predicted molar refractivity (Wildman–Crippen MR) is 36.4 cm³/mol. The van der Waals surface area contributed by atoms with Crippen molar-refractivity contribution >= 4 is 5.78 Å². The van der Waals surface area contributed by atoms with Gasteiger partial charge >= 0.3 is 0 Å². The van der Waals surface area contributed by atoms with E-state index in [9.17, 15) is 4.79 Å². The van der Waals surface area contributed by atoms with Crippen molar-refractivity contribution in [2.45, 2.75) is 6.92 Å². The van der Waals surface area contributed by atoms with Crippen molar-refractivity contribution < 1.29 is 11.6 Å². The zero-order valence-electron chi connectivity index (χ0n) is 9.91. The standard InChI is InChI=1S/C8H8O/c1-7(9)8-5-3-2-4-6-8/h2-6H,1H3/i2D,3D,4D,5D,6D. The van der Waals surface area contributed by atoms with Crippen LogP contribution in [-0.4, -0.2) is 5.78 Å². The molecule has 1 aromatic rings. The molecule has 1 rings (SSSR count). The third-order valence-corrected chi connectivity index (χ3v) is 0.852. The molecule has 0 N–H and O–H groups in total. The maximum Gasteiger partial charge on any atom is 0.159 e. The minimum atomic E-state index is -0.526. The van der Waals surface area contributed by atoms with E-state index in [2.05, 4.69) is 0 Å². The Morgan fingerprint density at radius 3 is 2.44 bits per heavy atom. The van der Waals surface area contributed by atoms with Crippen molar-refractivity contribution in [3.8, 4) is 0 Å². The van der Waals surface area contributed by atoms with Gasteiger partial charge in [0.25, 0.3) is 0 Å². The normalized spacial score (nSPS) is 16.8. The van der Waals surface area contributed by atoms with Crippen LogP contribution in [0.5, 0.6) is 0 Å². The van der Waals surface area contributed by atoms with E-state index in [0.29, 0.717) is 0 Å². The SMILES string of the molecule is [2H]c1c([2H])c([2H])c(C(C)=O)c([2H])c1[2H]. The Morgan fingerprint density at radius 2 is 2.00 bits per heavy atom. The zero-order chi connectivity index (χ0) is 11.0. The van der Waals surface area contributed by atoms with Crippen molar-refractivity contribution in [1.29, 1.82) is 0 Å². The summed E-state index contributed by atoms with van der Waals surface area (Å²) in [7, 11) is 0. The third-order valence-electron chi connectivity index (χ3n) is 0.852. The molecule has 0 aliphatic heterocycles. The van der Waals surface area contributed by atoms with Crippen LogP contribution >= 0.6 is 0 Å². The summed E-state index contributed by atoms with van der Waals surface area (Å²) >= 11 is 0. The molecule has 1 aromatic carbocycles. The summed E-state index contributed by atoms with van der Waals surface area (Å²) in [5, 5.41) is 0. The van der Waals surface area contributed by atoms with E-state index in [-0.39, 0.29) is 5.56 Å². The molecule has 9 heavy (non-hydrogen) atoms. The van der Waals surface area contributed by atoms with E-state index in [1.165, 1.54) is 6.92 Å². The first-order chi connectivity index (χ1) is 6.37. The quantitative estimate of drug-likeness (QED) is 0.524. The monoisotopic (exact) mass is 125 g/mol. The highest BCUT2D eigenvalue weighted by atomic mass is 16.1. The van der Waals surface area contributed by atoms with E-state index < -0.39 is 36.0 Å². The highest BCUT2D eigenvalue weighted by Gasteiger charge is 1.92. The molecular weight excluding hydrogens is 112 g/mol. The second-order valence-electron chi connectivity index (χ2n) is 1.56. The van der Waals surface area contributed by atoms with Crippen molar-refractivity contribution in [2.24, 2.45) is 0 Å². The molecule has 0 amide bonds. The van der Waals surface area contributed by atoms with Gasteiger partial charge in [-0.3, -0.25) is 4.79 Å². The van der Waals surface area contributed by atoms with Gasteiger partial charge in [0, 0.05) is 5.56 Å². The Kier molecular flexibility index (Phi) is 0.612. The molecule has 0 atom stereocenters. The zero-order valence-corrected chi connectivity index (χ0v) is 4.91. The summed E-state index contributed by atoms with van der Waals surface area (Å²) in [4.78, 5) is 11.0. The van der Waals surface area contributed by atoms with Crippen LogP contribution in [0, 0.1) is 0 Å². The number of Topliss-reactive ketones (excluding diaryl/α,β-unsaturated/α-hetero) is 1. The Bertz CT molecular complexity index is 384. The summed E-state index contributed by atoms with van der Waals surface area (Å²) < 4.78 is 36.6. The molecule has 0 heterocycles. The van der Waals surface area contributed by atoms with Crippen LogP contribution in [0.3, 0.4) is 0 Å². The summed E-state index contributed by atoms with van der Waals surface area (Å²) in [6.45, 7) is 1.17. The van der Waals surface area contributed by atoms with Gasteiger partial charge < -0.3 is 0 Å². The first kappa shape index (κ1) is 2.25. The van der Waals surface area contributed by atoms with Gasteiger partial charge in [-0.1, -0.05) is 30.2 Å². The first-order valence-corrected chi connectivity index (χ1v) is 2.45. The van der Waals surface area contributed by atoms with Crippen LogP contribution < -0.4 is 0 Å². The van der Waals surface area contributed by atoms with E-state index in [0.717, 1.165) is 0 Å². The van der Waals surface area contributed by atoms with Crippen molar-refractivity contribution in [3.63, 3.8) is 0 Å². The van der Waals surface area contributed by atoms with Crippen LogP contribution in [0.15, 0.2) is 30.2 Å². The lowest BCUT2D eigenvalue weighted by atomic mass is 10.2. The Hall–Kier alpha value is -1.11. The van der Waals surface area contributed by atoms with Gasteiger partial charge in [0.1, 0.15) is 0 Å². The number of hydrogen-bond acceptors (Lipinski definition) is 1. The topological polar surface area (TPSA) is 17.1 Å². The number of ketones is 1. The predicted octanol–water partition coefficient (Wildman–Crippen LogP) is 1.89. The molecule has 0 unspecified atom stereocenters. The maximum atomic E-state index is 11.0. The van der Waals surface area contributed by atoms with Gasteiger partial charge in [-0.25, -0.2) is 0 Å². The highest BCUT2D eigenvalue weighted by Crippen LogP contribution is 1.97. The largest absolute Gasteiger partial charge is 0.295 e. The second kappa shape index (κ2) is 2.44. The molecule has 1 nitrogen and oxygen atoms in total. The van der Waals surface area contributed by atoms with Gasteiger partial charge in [-0.2, -0.15) is 0 Å². The molecule has 0 saturated carbocycles. The van der Waals surface area contributed by atoms with Crippen LogP contribution in [-0.2, 0) is 0 Å². The Labute approximate surface area is 61.3 Å². The average molecular weight is 125 g/mol. The van der Waals surface area contributed by atoms with E-state index in [4.69, 9.17) is 6.85 Å². The summed E-state index contributed by atoms with van der Waals surface area (Å²) in [5.41, 5.74) is -0.254. The molecule has 0 radical (unpaired) electrons. The number of rotatable bonds is 1. The third kappa shape index (κ3) is 1.39. The Balaban J connectivity index is 3.68. The molecule has 1 heteroatoms. The fourth-order valence-corrected chi connectivity index (χ4v) is 0.426. The smallest absolute Gasteiger partial charge is 0.159 e. The minimum absolute atomic E-state index is 0.254. The molecule has 46 valence electrons. The molecule has 0 spiro atoms. The van der Waals surface area contributed by atoms with Crippen molar-refractivity contribution in [3.05, 3.63) is 35.8 Å². The van der Waals surface area contributed by atoms with Gasteiger partial charge in [-0.05, 0) is 6.92 Å². The van der Waals surface area contributed by atoms with Gasteiger partial charge in [0.05, 0.1) is 6.85 Å². The van der Waals surface area contributed by atoms with Crippen molar-refractivity contribution in [1.82, 2.24) is 0 Å². The van der Waals surface area contributed by atoms with Crippen LogP contribution in [0.2, 0.25) is 0 Å². The lowest BCUT2D eigenvalue weighted by Gasteiger charge is -1.89. The molecule has 0 saturated heterocycles. The number of carbonyl (C=O) groups excluding carboxylic acids is 1. The first-order valence-electron chi connectivity index (χ1n) is 4.95. The summed E-state index contributed by atoms with van der Waals surface area (Å²) in [6.07, 6.45) is 0. The molecule has 0 aliphatic rings. The van der Waals surface area contributed by atoms with Crippen molar-refractivity contribution in [2.75, 3.05) is 0 Å². The number of benzene rings is 1. The lowest BCUT2D eigenvalue weighted by molar-refractivity contribution is 0.101. The number of hydrogen-bond donors (Lipinski definition) is 0. The van der Waals surface area contributed by atoms with E-state index in [1.54, 1.807) is 0 Å². The molecule has 0 bridgehead atoms. The molecule has 0 fully saturated rings. The maximum absolute atomic E-state index is 11.0. The highest BCUT2D eigenvalue weighted by molar-refractivity contribution is 5.93. The van der Waals surface area contributed by atoms with Crippen LogP contribution in [0.4, 0.5) is 0 Å². The van der Waals surface area contributed by atoms with E-state index in [1.807, 2.05) is 0 Å². The second-order valence-corrected chi connectivity index (χ2v) is 1.56. The fraction of sp³-hybridized carbons (Fsp3) is 0.125. The van der Waals surface area contributed by atoms with Gasteiger partial charge in [0.2, 0.25) is 0 Å². The van der Waals surface area contributed by atoms with E-state index >= 15 is 0 Å². The summed E-state index contributed by atoms with van der Waals surface area (Å²) in [6, 6.07) is -2.32. The molecule has 0 aliphatic carbocycles. The molecular formula is C8H8O. The Morgan fingerprint density at radius 1 is 1.44 bits per heavy atom. The lowest BCUT2D eigenvalue weighted by Crippen LogP contribution is -1.88. The van der Waals surface area contributed by atoms with Gasteiger partial charge in [0.15, 0.2) is 5.78 Å². The van der Waals surface area contributed by atoms with Crippen LogP contribution in [0.1, 0.15) is 24.1 Å². The van der Waals surface area contributed by atoms with Crippen LogP contribution in [0.25, 0.3) is 0 Å².